The highest BCUT2D eigenvalue weighted by Gasteiger charge is 1.99. The van der Waals surface area contributed by atoms with E-state index in [9.17, 15) is 0 Å². The van der Waals surface area contributed by atoms with Gasteiger partial charge in [-0.1, -0.05) is 42.5 Å². The van der Waals surface area contributed by atoms with Crippen LogP contribution in [-0.4, -0.2) is 32.1 Å². The monoisotopic (exact) mass is 228 g/mol. The lowest BCUT2D eigenvalue weighted by molar-refractivity contribution is 0.400. The van der Waals surface area contributed by atoms with Gasteiger partial charge in [0.1, 0.15) is 0 Å². The third-order valence-corrected chi connectivity index (χ3v) is 2.93. The Hall–Kier alpha value is -1.38. The number of hydrogen-bond acceptors (Lipinski definition) is 2. The number of nitrogens with one attached hydrogen (secondary N) is 1. The maximum Gasteiger partial charge on any atom is 0.0212 e. The number of nitrogens with zero attached hydrogens (tertiary/aromatic N) is 1. The van der Waals surface area contributed by atoms with E-state index in [4.69, 9.17) is 0 Å². The van der Waals surface area contributed by atoms with Crippen LogP contribution in [0.1, 0.15) is 5.56 Å². The van der Waals surface area contributed by atoms with Crippen molar-refractivity contribution in [3.05, 3.63) is 48.0 Å². The molecular weight excluding hydrogens is 208 g/mol. The van der Waals surface area contributed by atoms with Gasteiger partial charge in [0.2, 0.25) is 0 Å². The molecule has 0 amide bonds. The molecule has 0 saturated carbocycles. The predicted octanol–water partition coefficient (Wildman–Crippen LogP) is 2.49. The molecule has 0 heterocycles. The molecule has 0 atom stereocenters. The molecule has 0 spiro atoms. The molecule has 2 aromatic carbocycles. The largest absolute Gasteiger partial charge is 0.311 e. The number of rotatable bonds is 5. The Morgan fingerprint density at radius 1 is 1.00 bits per heavy atom. The standard InChI is InChI=1S/C15H20N2/c1-17(2)11-10-16-12-14-8-5-7-13-6-3-4-9-15(13)14/h3-9,16H,10-12H2,1-2H3. The molecule has 0 bridgehead atoms. The molecule has 0 saturated heterocycles. The van der Waals surface area contributed by atoms with Crippen LogP contribution in [0.2, 0.25) is 0 Å². The summed E-state index contributed by atoms with van der Waals surface area (Å²) < 4.78 is 0. The highest BCUT2D eigenvalue weighted by atomic mass is 15.1. The molecule has 2 rings (SSSR count). The molecule has 2 aromatic rings. The lowest BCUT2D eigenvalue weighted by Gasteiger charge is -2.11. The number of likely N-dealkylation sites (N-methyl/N-ethyl adjacent to an activating group) is 1. The van der Waals surface area contributed by atoms with Gasteiger partial charge >= 0.3 is 0 Å². The topological polar surface area (TPSA) is 15.3 Å². The van der Waals surface area contributed by atoms with Crippen LogP contribution < -0.4 is 5.32 Å². The van der Waals surface area contributed by atoms with Gasteiger partial charge in [0.15, 0.2) is 0 Å². The van der Waals surface area contributed by atoms with E-state index >= 15 is 0 Å². The minimum absolute atomic E-state index is 0.940. The third kappa shape index (κ3) is 3.29. The first-order valence-electron chi connectivity index (χ1n) is 6.09. The average molecular weight is 228 g/mol. The van der Waals surface area contributed by atoms with Gasteiger partial charge in [0, 0.05) is 19.6 Å². The van der Waals surface area contributed by atoms with E-state index < -0.39 is 0 Å². The minimum atomic E-state index is 0.940. The van der Waals surface area contributed by atoms with Crippen LogP contribution in [0.3, 0.4) is 0 Å². The summed E-state index contributed by atoms with van der Waals surface area (Å²) in [6.07, 6.45) is 0. The van der Waals surface area contributed by atoms with Crippen molar-refractivity contribution < 1.29 is 0 Å². The molecule has 0 aliphatic heterocycles. The number of hydrogen-bond donors (Lipinski definition) is 1. The molecule has 0 aliphatic rings. The fourth-order valence-corrected chi connectivity index (χ4v) is 1.97. The van der Waals surface area contributed by atoms with Crippen molar-refractivity contribution >= 4 is 10.8 Å². The van der Waals surface area contributed by atoms with E-state index in [1.165, 1.54) is 16.3 Å². The quantitative estimate of drug-likeness (QED) is 0.791. The molecule has 0 radical (unpaired) electrons. The van der Waals surface area contributed by atoms with Crippen molar-refractivity contribution in [1.29, 1.82) is 0 Å². The summed E-state index contributed by atoms with van der Waals surface area (Å²) >= 11 is 0. The Morgan fingerprint density at radius 2 is 1.76 bits per heavy atom. The second kappa shape index (κ2) is 5.80. The van der Waals surface area contributed by atoms with E-state index in [1.54, 1.807) is 0 Å². The Labute approximate surface area is 103 Å². The predicted molar refractivity (Wildman–Crippen MR) is 74.2 cm³/mol. The third-order valence-electron chi connectivity index (χ3n) is 2.93. The fourth-order valence-electron chi connectivity index (χ4n) is 1.97. The second-order valence-corrected chi connectivity index (χ2v) is 4.62. The lowest BCUT2D eigenvalue weighted by atomic mass is 10.0. The summed E-state index contributed by atoms with van der Waals surface area (Å²) in [7, 11) is 4.19. The normalized spacial score (nSPS) is 11.2. The van der Waals surface area contributed by atoms with E-state index in [1.807, 2.05) is 0 Å². The molecular formula is C15H20N2. The Balaban J connectivity index is 2.03. The number of fused-ring (bicyclic) bond motifs is 1. The summed E-state index contributed by atoms with van der Waals surface area (Å²) in [5.74, 6) is 0. The van der Waals surface area contributed by atoms with Gasteiger partial charge in [-0.25, -0.2) is 0 Å². The fraction of sp³-hybridized carbons (Fsp3) is 0.333. The van der Waals surface area contributed by atoms with E-state index in [0.29, 0.717) is 0 Å². The summed E-state index contributed by atoms with van der Waals surface area (Å²) in [6, 6.07) is 15.0. The van der Waals surface area contributed by atoms with Crippen molar-refractivity contribution in [2.24, 2.45) is 0 Å². The van der Waals surface area contributed by atoms with Gasteiger partial charge in [-0.2, -0.15) is 0 Å². The average Bonchev–Trinajstić information content (AvgIpc) is 2.34. The van der Waals surface area contributed by atoms with Gasteiger partial charge < -0.3 is 10.2 Å². The zero-order valence-electron chi connectivity index (χ0n) is 10.6. The van der Waals surface area contributed by atoms with Crippen LogP contribution in [0.4, 0.5) is 0 Å². The summed E-state index contributed by atoms with van der Waals surface area (Å²) in [4.78, 5) is 2.19. The van der Waals surface area contributed by atoms with Crippen molar-refractivity contribution in [3.63, 3.8) is 0 Å². The summed E-state index contributed by atoms with van der Waals surface area (Å²) in [5.41, 5.74) is 1.38. The van der Waals surface area contributed by atoms with Crippen molar-refractivity contribution in [3.8, 4) is 0 Å². The van der Waals surface area contributed by atoms with Crippen molar-refractivity contribution in [1.82, 2.24) is 10.2 Å². The van der Waals surface area contributed by atoms with Crippen LogP contribution in [0.5, 0.6) is 0 Å². The maximum absolute atomic E-state index is 3.48. The first kappa shape index (κ1) is 12.1. The first-order chi connectivity index (χ1) is 8.27. The molecule has 0 unspecified atom stereocenters. The van der Waals surface area contributed by atoms with E-state index in [-0.39, 0.29) is 0 Å². The molecule has 90 valence electrons. The smallest absolute Gasteiger partial charge is 0.0212 e. The molecule has 17 heavy (non-hydrogen) atoms. The molecule has 2 nitrogen and oxygen atoms in total. The highest BCUT2D eigenvalue weighted by molar-refractivity contribution is 5.85. The van der Waals surface area contributed by atoms with Crippen LogP contribution in [0.15, 0.2) is 42.5 Å². The molecule has 1 N–H and O–H groups in total. The lowest BCUT2D eigenvalue weighted by Crippen LogP contribution is -2.26. The van der Waals surface area contributed by atoms with E-state index in [2.05, 4.69) is 66.8 Å². The van der Waals surface area contributed by atoms with Gasteiger partial charge in [0.25, 0.3) is 0 Å². The van der Waals surface area contributed by atoms with Crippen LogP contribution in [0, 0.1) is 0 Å². The molecule has 2 heteroatoms. The summed E-state index contributed by atoms with van der Waals surface area (Å²) in [5, 5.41) is 6.16. The Bertz CT molecular complexity index is 472. The van der Waals surface area contributed by atoms with Gasteiger partial charge in [-0.15, -0.1) is 0 Å². The molecule has 0 aromatic heterocycles. The number of benzene rings is 2. The summed E-state index contributed by atoms with van der Waals surface area (Å²) in [6.45, 7) is 3.04. The Kier molecular flexibility index (Phi) is 4.13. The first-order valence-corrected chi connectivity index (χ1v) is 6.09. The van der Waals surface area contributed by atoms with Crippen LogP contribution >= 0.6 is 0 Å². The van der Waals surface area contributed by atoms with Crippen LogP contribution in [-0.2, 0) is 6.54 Å². The molecule has 0 aliphatic carbocycles. The Morgan fingerprint density at radius 3 is 2.59 bits per heavy atom. The highest BCUT2D eigenvalue weighted by Crippen LogP contribution is 2.17. The second-order valence-electron chi connectivity index (χ2n) is 4.62. The SMILES string of the molecule is CN(C)CCNCc1cccc2ccccc12. The van der Waals surface area contributed by atoms with Gasteiger partial charge in [-0.3, -0.25) is 0 Å². The van der Waals surface area contributed by atoms with Crippen molar-refractivity contribution in [2.45, 2.75) is 6.54 Å². The maximum atomic E-state index is 3.48. The zero-order valence-corrected chi connectivity index (χ0v) is 10.6. The minimum Gasteiger partial charge on any atom is -0.311 e. The van der Waals surface area contributed by atoms with Crippen LogP contribution in [0.25, 0.3) is 10.8 Å². The molecule has 0 fully saturated rings. The van der Waals surface area contributed by atoms with Crippen molar-refractivity contribution in [2.75, 3.05) is 27.2 Å². The zero-order chi connectivity index (χ0) is 12.1. The van der Waals surface area contributed by atoms with Gasteiger partial charge in [-0.05, 0) is 30.4 Å². The van der Waals surface area contributed by atoms with Gasteiger partial charge in [0.05, 0.1) is 0 Å². The van der Waals surface area contributed by atoms with E-state index in [0.717, 1.165) is 19.6 Å².